The summed E-state index contributed by atoms with van der Waals surface area (Å²) in [5, 5.41) is 12.4. The molecule has 0 radical (unpaired) electrons. The topological polar surface area (TPSA) is 75.1 Å². The van der Waals surface area contributed by atoms with Gasteiger partial charge in [-0.25, -0.2) is 0 Å². The summed E-state index contributed by atoms with van der Waals surface area (Å²) in [6, 6.07) is 16.5. The predicted octanol–water partition coefficient (Wildman–Crippen LogP) is 3.81. The van der Waals surface area contributed by atoms with Gasteiger partial charge in [0, 0.05) is 10.6 Å². The summed E-state index contributed by atoms with van der Waals surface area (Å²) in [5.74, 6) is 0.373. The number of rotatable bonds is 3. The number of nitrogens with zero attached hydrogens (tertiary/aromatic N) is 3. The van der Waals surface area contributed by atoms with Crippen LogP contribution < -0.4 is 11.2 Å². The lowest BCUT2D eigenvalue weighted by Crippen LogP contribution is -2.06. The van der Waals surface area contributed by atoms with Crippen molar-refractivity contribution in [1.29, 1.82) is 0 Å². The van der Waals surface area contributed by atoms with Crippen molar-refractivity contribution in [2.75, 3.05) is 5.43 Å². The van der Waals surface area contributed by atoms with E-state index in [0.29, 0.717) is 10.9 Å². The van der Waals surface area contributed by atoms with Crippen LogP contribution in [-0.2, 0) is 0 Å². The number of hydrogen-bond donors (Lipinski definition) is 2. The number of thiocarbonyl (C=S) groups is 1. The summed E-state index contributed by atoms with van der Waals surface area (Å²) in [6.45, 7) is 0. The van der Waals surface area contributed by atoms with Crippen molar-refractivity contribution < 1.29 is 0 Å². The van der Waals surface area contributed by atoms with E-state index in [1.54, 1.807) is 24.3 Å². The number of azo groups is 1. The molecule has 0 fully saturated rings. The van der Waals surface area contributed by atoms with E-state index in [9.17, 15) is 0 Å². The zero-order valence-corrected chi connectivity index (χ0v) is 12.5. The molecule has 0 spiro atoms. The van der Waals surface area contributed by atoms with Gasteiger partial charge < -0.3 is 5.73 Å². The molecule has 0 saturated carbocycles. The van der Waals surface area contributed by atoms with E-state index >= 15 is 0 Å². The third kappa shape index (κ3) is 4.94. The maximum absolute atomic E-state index is 5.83. The Hall–Kier alpha value is -2.31. The van der Waals surface area contributed by atoms with Crippen LogP contribution in [0.15, 0.2) is 69.9 Å². The monoisotopic (exact) mass is 317 g/mol. The van der Waals surface area contributed by atoms with Crippen LogP contribution in [0.1, 0.15) is 5.56 Å². The standard InChI is InChI=1S/C14H12ClN5S/c15-11-6-8-12(9-7-11)17-18-13(19-20-14(16)21)10-4-2-1-3-5-10/h1-9,17H,(H2,16,21)/b18-13-,20-19?. The van der Waals surface area contributed by atoms with Crippen LogP contribution >= 0.6 is 23.8 Å². The Kier molecular flexibility index (Phi) is 5.36. The van der Waals surface area contributed by atoms with Crippen LogP contribution in [0.3, 0.4) is 0 Å². The SMILES string of the molecule is NC(=S)N=N/C(=N\Nc1ccc(Cl)cc1)c1ccccc1. The highest BCUT2D eigenvalue weighted by molar-refractivity contribution is 7.80. The van der Waals surface area contributed by atoms with Crippen molar-refractivity contribution in [3.05, 3.63) is 65.2 Å². The van der Waals surface area contributed by atoms with E-state index in [-0.39, 0.29) is 5.11 Å². The third-order valence-corrected chi connectivity index (χ3v) is 2.74. The Bertz CT molecular complexity index is 668. The number of nitrogens with one attached hydrogen (secondary N) is 1. The zero-order chi connectivity index (χ0) is 15.1. The Morgan fingerprint density at radius 3 is 2.29 bits per heavy atom. The molecule has 106 valence electrons. The van der Waals surface area contributed by atoms with E-state index in [1.807, 2.05) is 30.3 Å². The molecule has 0 aliphatic carbocycles. The molecular formula is C14H12ClN5S. The fraction of sp³-hybridized carbons (Fsp3) is 0. The van der Waals surface area contributed by atoms with Crippen molar-refractivity contribution >= 4 is 40.5 Å². The van der Waals surface area contributed by atoms with E-state index in [0.717, 1.165) is 11.3 Å². The van der Waals surface area contributed by atoms with Crippen LogP contribution in [-0.4, -0.2) is 10.9 Å². The van der Waals surface area contributed by atoms with E-state index < -0.39 is 0 Å². The van der Waals surface area contributed by atoms with Gasteiger partial charge in [-0.2, -0.15) is 5.10 Å². The number of amidine groups is 1. The quantitative estimate of drug-likeness (QED) is 0.297. The highest BCUT2D eigenvalue weighted by atomic mass is 35.5. The van der Waals surface area contributed by atoms with E-state index in [2.05, 4.69) is 33.0 Å². The lowest BCUT2D eigenvalue weighted by atomic mass is 10.2. The maximum Gasteiger partial charge on any atom is 0.211 e. The van der Waals surface area contributed by atoms with Gasteiger partial charge in [-0.05, 0) is 36.5 Å². The third-order valence-electron chi connectivity index (χ3n) is 2.41. The first-order valence-electron chi connectivity index (χ1n) is 6.01. The number of hydrogen-bond acceptors (Lipinski definition) is 3. The van der Waals surface area contributed by atoms with Crippen LogP contribution in [0, 0.1) is 0 Å². The largest absolute Gasteiger partial charge is 0.373 e. The molecule has 0 aromatic heterocycles. The second-order valence-electron chi connectivity index (χ2n) is 3.96. The van der Waals surface area contributed by atoms with Gasteiger partial charge in [-0.3, -0.25) is 5.43 Å². The van der Waals surface area contributed by atoms with Gasteiger partial charge >= 0.3 is 0 Å². The number of anilines is 1. The first-order valence-corrected chi connectivity index (χ1v) is 6.79. The lowest BCUT2D eigenvalue weighted by molar-refractivity contribution is 1.25. The first-order chi connectivity index (χ1) is 10.1. The first kappa shape index (κ1) is 15.1. The molecule has 2 aromatic rings. The molecule has 0 amide bonds. The Balaban J connectivity index is 2.24. The summed E-state index contributed by atoms with van der Waals surface area (Å²) in [5.41, 5.74) is 9.78. The fourth-order valence-corrected chi connectivity index (χ4v) is 1.64. The zero-order valence-electron chi connectivity index (χ0n) is 10.9. The van der Waals surface area contributed by atoms with Crippen LogP contribution in [0.25, 0.3) is 0 Å². The van der Waals surface area contributed by atoms with Gasteiger partial charge in [0.15, 0.2) is 0 Å². The molecule has 0 atom stereocenters. The van der Waals surface area contributed by atoms with Gasteiger partial charge in [0.05, 0.1) is 5.69 Å². The highest BCUT2D eigenvalue weighted by Crippen LogP contribution is 2.14. The smallest absolute Gasteiger partial charge is 0.211 e. The van der Waals surface area contributed by atoms with Crippen molar-refractivity contribution in [2.45, 2.75) is 0 Å². The van der Waals surface area contributed by atoms with Gasteiger partial charge in [0.25, 0.3) is 0 Å². The molecule has 21 heavy (non-hydrogen) atoms. The van der Waals surface area contributed by atoms with Crippen molar-refractivity contribution in [3.63, 3.8) is 0 Å². The summed E-state index contributed by atoms with van der Waals surface area (Å²) in [7, 11) is 0. The second kappa shape index (κ2) is 7.47. The molecule has 0 unspecified atom stereocenters. The van der Waals surface area contributed by atoms with Crippen molar-refractivity contribution in [3.8, 4) is 0 Å². The number of nitrogens with two attached hydrogens (primary N) is 1. The molecule has 0 aliphatic heterocycles. The molecule has 0 saturated heterocycles. The normalized spacial score (nSPS) is 11.6. The highest BCUT2D eigenvalue weighted by Gasteiger charge is 2.02. The summed E-state index contributed by atoms with van der Waals surface area (Å²) in [4.78, 5) is 0. The van der Waals surface area contributed by atoms with E-state index in [4.69, 9.17) is 17.3 Å². The molecular weight excluding hydrogens is 306 g/mol. The summed E-state index contributed by atoms with van der Waals surface area (Å²) < 4.78 is 0. The van der Waals surface area contributed by atoms with Crippen LogP contribution in [0.4, 0.5) is 5.69 Å². The minimum Gasteiger partial charge on any atom is -0.373 e. The molecule has 2 aromatic carbocycles. The Morgan fingerprint density at radius 2 is 1.67 bits per heavy atom. The number of halogens is 1. The lowest BCUT2D eigenvalue weighted by Gasteiger charge is -2.03. The molecule has 7 heteroatoms. The van der Waals surface area contributed by atoms with Crippen molar-refractivity contribution in [1.82, 2.24) is 0 Å². The summed E-state index contributed by atoms with van der Waals surface area (Å²) in [6.07, 6.45) is 0. The van der Waals surface area contributed by atoms with Gasteiger partial charge in [0.1, 0.15) is 0 Å². The molecule has 0 heterocycles. The van der Waals surface area contributed by atoms with Crippen molar-refractivity contribution in [2.24, 2.45) is 21.1 Å². The molecule has 0 aliphatic rings. The van der Waals surface area contributed by atoms with Crippen LogP contribution in [0.5, 0.6) is 0 Å². The fourth-order valence-electron chi connectivity index (χ4n) is 1.47. The molecule has 3 N–H and O–H groups in total. The van der Waals surface area contributed by atoms with Gasteiger partial charge in [-0.15, -0.1) is 10.2 Å². The summed E-state index contributed by atoms with van der Waals surface area (Å²) >= 11 is 10.5. The average Bonchev–Trinajstić information content (AvgIpc) is 2.50. The average molecular weight is 318 g/mol. The number of benzene rings is 2. The maximum atomic E-state index is 5.83. The van der Waals surface area contributed by atoms with Gasteiger partial charge in [-0.1, -0.05) is 41.9 Å². The van der Waals surface area contributed by atoms with Gasteiger partial charge in [0.2, 0.25) is 10.9 Å². The van der Waals surface area contributed by atoms with Crippen LogP contribution in [0.2, 0.25) is 5.02 Å². The Morgan fingerprint density at radius 1 is 1.00 bits per heavy atom. The molecule has 0 bridgehead atoms. The second-order valence-corrected chi connectivity index (χ2v) is 4.81. The minimum absolute atomic E-state index is 0.0508. The molecule has 2 rings (SSSR count). The Labute approximate surface area is 132 Å². The molecule has 5 nitrogen and oxygen atoms in total. The number of hydrazone groups is 1. The predicted molar refractivity (Wildman–Crippen MR) is 89.7 cm³/mol. The minimum atomic E-state index is -0.0508. The van der Waals surface area contributed by atoms with E-state index in [1.165, 1.54) is 0 Å².